The Morgan fingerprint density at radius 2 is 1.84 bits per heavy atom. The Bertz CT molecular complexity index is 906. The van der Waals surface area contributed by atoms with Crippen LogP contribution < -0.4 is 10.2 Å². The van der Waals surface area contributed by atoms with Crippen LogP contribution in [0.2, 0.25) is 0 Å². The molecule has 1 unspecified atom stereocenters. The van der Waals surface area contributed by atoms with E-state index in [0.717, 1.165) is 41.8 Å². The molecule has 1 amide bonds. The molecule has 0 aliphatic carbocycles. The molecule has 4 saturated heterocycles. The van der Waals surface area contributed by atoms with Gasteiger partial charge in [-0.05, 0) is 75.2 Å². The summed E-state index contributed by atoms with van der Waals surface area (Å²) >= 11 is 1.62. The number of benzene rings is 1. The molecule has 5 heterocycles. The Hall–Kier alpha value is -2.09. The van der Waals surface area contributed by atoms with Crippen LogP contribution in [0.15, 0.2) is 52.5 Å². The lowest BCUT2D eigenvalue weighted by molar-refractivity contribution is 0.0217. The second-order valence-corrected chi connectivity index (χ2v) is 9.79. The summed E-state index contributed by atoms with van der Waals surface area (Å²) in [5.41, 5.74) is 1.91. The van der Waals surface area contributed by atoms with Crippen molar-refractivity contribution >= 4 is 23.4 Å². The zero-order valence-electron chi connectivity index (χ0n) is 18.0. The van der Waals surface area contributed by atoms with Gasteiger partial charge in [-0.25, -0.2) is 4.98 Å². The molecule has 6 rings (SSSR count). The Labute approximate surface area is 188 Å². The number of nitrogens with zero attached hydrogens (tertiary/aromatic N) is 3. The van der Waals surface area contributed by atoms with Crippen LogP contribution in [0.3, 0.4) is 0 Å². The highest BCUT2D eigenvalue weighted by molar-refractivity contribution is 7.99. The maximum absolute atomic E-state index is 12.9. The molecule has 1 aromatic heterocycles. The smallest absolute Gasteiger partial charge is 0.251 e. The van der Waals surface area contributed by atoms with Gasteiger partial charge in [-0.3, -0.25) is 9.69 Å². The number of anilines is 1. The second kappa shape index (κ2) is 9.18. The van der Waals surface area contributed by atoms with Crippen LogP contribution in [0.25, 0.3) is 0 Å². The first-order valence-electron chi connectivity index (χ1n) is 11.3. The summed E-state index contributed by atoms with van der Waals surface area (Å²) in [4.78, 5) is 23.3. The van der Waals surface area contributed by atoms with E-state index < -0.39 is 0 Å². The maximum atomic E-state index is 12.9. The molecule has 1 N–H and O–H groups in total. The first-order chi connectivity index (χ1) is 15.2. The summed E-state index contributed by atoms with van der Waals surface area (Å²) in [6.45, 7) is 7.95. The molecule has 31 heavy (non-hydrogen) atoms. The van der Waals surface area contributed by atoms with Gasteiger partial charge in [0.15, 0.2) is 0 Å². The van der Waals surface area contributed by atoms with E-state index in [0.29, 0.717) is 12.0 Å². The topological polar surface area (TPSA) is 57.7 Å². The van der Waals surface area contributed by atoms with Crippen LogP contribution in [0.1, 0.15) is 30.1 Å². The second-order valence-electron chi connectivity index (χ2n) is 8.69. The van der Waals surface area contributed by atoms with Crippen molar-refractivity contribution in [2.24, 2.45) is 5.92 Å². The molecule has 2 aromatic rings. The molecule has 0 spiro atoms. The Morgan fingerprint density at radius 3 is 2.55 bits per heavy atom. The van der Waals surface area contributed by atoms with Gasteiger partial charge < -0.3 is 15.0 Å². The third-order valence-corrected chi connectivity index (χ3v) is 7.85. The van der Waals surface area contributed by atoms with E-state index in [9.17, 15) is 4.79 Å². The molecule has 4 aliphatic heterocycles. The highest BCUT2D eigenvalue weighted by Crippen LogP contribution is 2.33. The molecule has 0 saturated carbocycles. The molecule has 1 aromatic carbocycles. The number of amides is 1. The summed E-state index contributed by atoms with van der Waals surface area (Å²) in [6.07, 6.45) is 4.26. The van der Waals surface area contributed by atoms with Gasteiger partial charge in [-0.1, -0.05) is 11.8 Å². The van der Waals surface area contributed by atoms with Crippen LogP contribution >= 0.6 is 11.8 Å². The van der Waals surface area contributed by atoms with Gasteiger partial charge in [-0.2, -0.15) is 0 Å². The minimum Gasteiger partial charge on any atom is -0.378 e. The average molecular weight is 439 g/mol. The van der Waals surface area contributed by atoms with Crippen LogP contribution in [0, 0.1) is 5.92 Å². The average Bonchev–Trinajstić information content (AvgIpc) is 2.83. The van der Waals surface area contributed by atoms with E-state index in [1.807, 2.05) is 30.5 Å². The molecule has 0 radical (unpaired) electrons. The van der Waals surface area contributed by atoms with Crippen molar-refractivity contribution in [2.45, 2.75) is 41.8 Å². The molecule has 4 fully saturated rings. The van der Waals surface area contributed by atoms with Gasteiger partial charge in [0.05, 0.1) is 13.2 Å². The van der Waals surface area contributed by atoms with Crippen LogP contribution in [0.4, 0.5) is 5.69 Å². The van der Waals surface area contributed by atoms with Crippen molar-refractivity contribution < 1.29 is 9.53 Å². The Morgan fingerprint density at radius 1 is 1.10 bits per heavy atom. The zero-order valence-corrected chi connectivity index (χ0v) is 18.8. The summed E-state index contributed by atoms with van der Waals surface area (Å²) in [7, 11) is 0. The van der Waals surface area contributed by atoms with Crippen molar-refractivity contribution in [1.82, 2.24) is 15.2 Å². The Kier molecular flexibility index (Phi) is 6.16. The summed E-state index contributed by atoms with van der Waals surface area (Å²) < 4.78 is 5.45. The first kappa shape index (κ1) is 20.8. The number of carbonyl (C=O) groups excluding carboxylic acids is 1. The highest BCUT2D eigenvalue weighted by Gasteiger charge is 2.40. The lowest BCUT2D eigenvalue weighted by atomic mass is 9.79. The molecule has 2 atom stereocenters. The number of fused-ring (bicyclic) bond motifs is 3. The van der Waals surface area contributed by atoms with Gasteiger partial charge in [0.25, 0.3) is 5.91 Å². The minimum atomic E-state index is 0.0367. The number of carbonyl (C=O) groups is 1. The van der Waals surface area contributed by atoms with Crippen molar-refractivity contribution in [3.63, 3.8) is 0 Å². The SMILES string of the molecule is CC1[C@H](NC(=O)c2ccc(Sc3cc(N4CCOCC4)ccn3)cc2)C2CCN1CC2. The maximum Gasteiger partial charge on any atom is 0.251 e. The van der Waals surface area contributed by atoms with Gasteiger partial charge >= 0.3 is 0 Å². The molecule has 7 heteroatoms. The van der Waals surface area contributed by atoms with Crippen molar-refractivity contribution in [3.8, 4) is 0 Å². The predicted molar refractivity (Wildman–Crippen MR) is 123 cm³/mol. The third-order valence-electron chi connectivity index (χ3n) is 6.91. The molecule has 2 bridgehead atoms. The normalized spacial score (nSPS) is 27.8. The summed E-state index contributed by atoms with van der Waals surface area (Å²) in [6, 6.07) is 12.8. The van der Waals surface area contributed by atoms with Crippen LogP contribution in [0.5, 0.6) is 0 Å². The lowest BCUT2D eigenvalue weighted by Gasteiger charge is -2.49. The van der Waals surface area contributed by atoms with E-state index in [2.05, 4.69) is 39.2 Å². The number of hydrogen-bond donors (Lipinski definition) is 1. The first-order valence-corrected chi connectivity index (χ1v) is 12.1. The molecule has 6 nitrogen and oxygen atoms in total. The number of hydrogen-bond acceptors (Lipinski definition) is 6. The standard InChI is InChI=1S/C24H30N4O2S/c1-17-23(18-7-10-27(17)11-8-18)26-24(29)19-2-4-21(5-3-19)31-22-16-20(6-9-25-22)28-12-14-30-15-13-28/h2-6,9,16-18,23H,7-8,10-15H2,1H3,(H,26,29)/t17?,23-/m0/s1. The number of piperidine rings is 3. The fraction of sp³-hybridized carbons (Fsp3) is 0.500. The number of nitrogens with one attached hydrogen (secondary N) is 1. The van der Waals surface area contributed by atoms with E-state index in [1.165, 1.54) is 31.6 Å². The van der Waals surface area contributed by atoms with Crippen LogP contribution in [-0.4, -0.2) is 67.3 Å². The van der Waals surface area contributed by atoms with Crippen molar-refractivity contribution in [2.75, 3.05) is 44.3 Å². The van der Waals surface area contributed by atoms with E-state index in [4.69, 9.17) is 4.74 Å². The monoisotopic (exact) mass is 438 g/mol. The molecular formula is C24H30N4O2S. The van der Waals surface area contributed by atoms with Gasteiger partial charge in [0, 0.05) is 47.5 Å². The number of ether oxygens (including phenoxy) is 1. The van der Waals surface area contributed by atoms with Gasteiger partial charge in [-0.15, -0.1) is 0 Å². The quantitative estimate of drug-likeness (QED) is 0.773. The van der Waals surface area contributed by atoms with Gasteiger partial charge in [0.1, 0.15) is 5.03 Å². The fourth-order valence-electron chi connectivity index (χ4n) is 5.05. The largest absolute Gasteiger partial charge is 0.378 e. The Balaban J connectivity index is 1.22. The minimum absolute atomic E-state index is 0.0367. The molecule has 4 aliphatic rings. The van der Waals surface area contributed by atoms with E-state index in [1.54, 1.807) is 11.8 Å². The third kappa shape index (κ3) is 4.59. The number of morpholine rings is 1. The number of rotatable bonds is 5. The van der Waals surface area contributed by atoms with Crippen molar-refractivity contribution in [3.05, 3.63) is 48.2 Å². The predicted octanol–water partition coefficient (Wildman–Crippen LogP) is 3.28. The highest BCUT2D eigenvalue weighted by atomic mass is 32.2. The molecule has 164 valence electrons. The van der Waals surface area contributed by atoms with Crippen LogP contribution in [-0.2, 0) is 4.74 Å². The van der Waals surface area contributed by atoms with Crippen molar-refractivity contribution in [1.29, 1.82) is 0 Å². The summed E-state index contributed by atoms with van der Waals surface area (Å²) in [5.74, 6) is 0.651. The van der Waals surface area contributed by atoms with Gasteiger partial charge in [0.2, 0.25) is 0 Å². The summed E-state index contributed by atoms with van der Waals surface area (Å²) in [5, 5.41) is 4.27. The van der Waals surface area contributed by atoms with E-state index in [-0.39, 0.29) is 11.9 Å². The number of aromatic nitrogens is 1. The zero-order chi connectivity index (χ0) is 21.2. The number of pyridine rings is 1. The fourth-order valence-corrected chi connectivity index (χ4v) is 5.86. The lowest BCUT2D eigenvalue weighted by Crippen LogP contribution is -2.62. The molecular weight excluding hydrogens is 408 g/mol. The van der Waals surface area contributed by atoms with E-state index >= 15 is 0 Å².